The summed E-state index contributed by atoms with van der Waals surface area (Å²) in [6.45, 7) is 5.85. The number of rotatable bonds is 6. The van der Waals surface area contributed by atoms with Crippen molar-refractivity contribution in [2.45, 2.75) is 31.2 Å². The highest BCUT2D eigenvalue weighted by molar-refractivity contribution is 9.10. The first-order chi connectivity index (χ1) is 9.16. The second-order valence-electron chi connectivity index (χ2n) is 5.18. The Morgan fingerprint density at radius 3 is 2.50 bits per heavy atom. The third-order valence-corrected chi connectivity index (χ3v) is 5.61. The first-order valence-electron chi connectivity index (χ1n) is 6.24. The fourth-order valence-electron chi connectivity index (χ4n) is 1.62. The molecule has 0 bridgehead atoms. The van der Waals surface area contributed by atoms with Gasteiger partial charge in [0.25, 0.3) is 0 Å². The van der Waals surface area contributed by atoms with Crippen LogP contribution in [0.4, 0.5) is 0 Å². The van der Waals surface area contributed by atoms with Gasteiger partial charge in [-0.15, -0.1) is 0 Å². The summed E-state index contributed by atoms with van der Waals surface area (Å²) in [4.78, 5) is 0.0923. The minimum Gasteiger partial charge on any atom is -0.495 e. The Hall–Kier alpha value is -0.630. The first kappa shape index (κ1) is 17.4. The summed E-state index contributed by atoms with van der Waals surface area (Å²) < 4.78 is 33.6. The van der Waals surface area contributed by atoms with Gasteiger partial charge in [-0.25, -0.2) is 13.1 Å². The molecule has 0 aliphatic heterocycles. The highest BCUT2D eigenvalue weighted by atomic mass is 79.9. The van der Waals surface area contributed by atoms with E-state index >= 15 is 0 Å². The minimum absolute atomic E-state index is 0.0559. The standard InChI is InChI=1S/C13H21BrN2O3S/c1-9(2)13(3,8-15)16-20(17,18)12-7-10(14)5-6-11(12)19-4/h5-7,9,16H,8,15H2,1-4H3. The molecule has 1 atom stereocenters. The van der Waals surface area contributed by atoms with Gasteiger partial charge < -0.3 is 10.5 Å². The Balaban J connectivity index is 3.27. The van der Waals surface area contributed by atoms with E-state index in [2.05, 4.69) is 20.7 Å². The monoisotopic (exact) mass is 364 g/mol. The molecular formula is C13H21BrN2O3S. The van der Waals surface area contributed by atoms with Crippen molar-refractivity contribution in [2.24, 2.45) is 11.7 Å². The van der Waals surface area contributed by atoms with Gasteiger partial charge in [-0.1, -0.05) is 29.8 Å². The Bertz CT molecular complexity index is 575. The molecule has 5 nitrogen and oxygen atoms in total. The summed E-state index contributed by atoms with van der Waals surface area (Å²) >= 11 is 3.27. The number of ether oxygens (including phenoxy) is 1. The largest absolute Gasteiger partial charge is 0.495 e. The summed E-state index contributed by atoms with van der Waals surface area (Å²) in [5.41, 5.74) is 5.01. The molecule has 1 aromatic rings. The van der Waals surface area contributed by atoms with Gasteiger partial charge in [0, 0.05) is 16.6 Å². The van der Waals surface area contributed by atoms with Crippen LogP contribution in [-0.2, 0) is 10.0 Å². The maximum absolute atomic E-state index is 12.6. The lowest BCUT2D eigenvalue weighted by Gasteiger charge is -2.33. The lowest BCUT2D eigenvalue weighted by Crippen LogP contribution is -2.54. The van der Waals surface area contributed by atoms with Crippen LogP contribution in [-0.4, -0.2) is 27.6 Å². The van der Waals surface area contributed by atoms with E-state index in [0.29, 0.717) is 10.2 Å². The van der Waals surface area contributed by atoms with Gasteiger partial charge in [0.05, 0.1) is 7.11 Å². The number of sulfonamides is 1. The van der Waals surface area contributed by atoms with Gasteiger partial charge >= 0.3 is 0 Å². The highest BCUT2D eigenvalue weighted by Gasteiger charge is 2.33. The van der Waals surface area contributed by atoms with Gasteiger partial charge in [-0.05, 0) is 31.0 Å². The Morgan fingerprint density at radius 2 is 2.05 bits per heavy atom. The lowest BCUT2D eigenvalue weighted by atomic mass is 9.90. The summed E-state index contributed by atoms with van der Waals surface area (Å²) in [6, 6.07) is 4.84. The van der Waals surface area contributed by atoms with E-state index in [0.717, 1.165) is 0 Å². The molecule has 7 heteroatoms. The van der Waals surface area contributed by atoms with E-state index < -0.39 is 15.6 Å². The number of hydrogen-bond donors (Lipinski definition) is 2. The molecule has 1 aromatic carbocycles. The van der Waals surface area contributed by atoms with Gasteiger partial charge in [0.15, 0.2) is 0 Å². The van der Waals surface area contributed by atoms with Crippen LogP contribution in [0.15, 0.2) is 27.6 Å². The molecule has 0 saturated carbocycles. The molecule has 3 N–H and O–H groups in total. The van der Waals surface area contributed by atoms with Crippen LogP contribution in [0.1, 0.15) is 20.8 Å². The van der Waals surface area contributed by atoms with Crippen molar-refractivity contribution in [1.82, 2.24) is 4.72 Å². The van der Waals surface area contributed by atoms with E-state index in [1.165, 1.54) is 13.2 Å². The maximum Gasteiger partial charge on any atom is 0.244 e. The zero-order valence-electron chi connectivity index (χ0n) is 12.1. The third-order valence-electron chi connectivity index (χ3n) is 3.48. The zero-order valence-corrected chi connectivity index (χ0v) is 14.5. The molecule has 0 saturated heterocycles. The van der Waals surface area contributed by atoms with Crippen molar-refractivity contribution >= 4 is 26.0 Å². The van der Waals surface area contributed by atoms with Crippen molar-refractivity contribution in [3.05, 3.63) is 22.7 Å². The van der Waals surface area contributed by atoms with Crippen molar-refractivity contribution in [3.8, 4) is 5.75 Å². The molecule has 0 fully saturated rings. The van der Waals surface area contributed by atoms with E-state index in [1.807, 2.05) is 13.8 Å². The predicted octanol–water partition coefficient (Wildman–Crippen LogP) is 2.11. The third kappa shape index (κ3) is 3.72. The summed E-state index contributed by atoms with van der Waals surface area (Å²) in [7, 11) is -2.29. The average molecular weight is 365 g/mol. The van der Waals surface area contributed by atoms with Crippen LogP contribution in [0.25, 0.3) is 0 Å². The number of halogens is 1. The van der Waals surface area contributed by atoms with E-state index in [1.54, 1.807) is 19.1 Å². The van der Waals surface area contributed by atoms with Gasteiger partial charge in [0.1, 0.15) is 10.6 Å². The lowest BCUT2D eigenvalue weighted by molar-refractivity contribution is 0.314. The highest BCUT2D eigenvalue weighted by Crippen LogP contribution is 2.29. The molecule has 0 radical (unpaired) electrons. The van der Waals surface area contributed by atoms with Gasteiger partial charge in [-0.3, -0.25) is 0 Å². The molecule has 0 aliphatic rings. The van der Waals surface area contributed by atoms with E-state index in [9.17, 15) is 8.42 Å². The van der Waals surface area contributed by atoms with Crippen LogP contribution in [0.3, 0.4) is 0 Å². The van der Waals surface area contributed by atoms with Crippen LogP contribution in [0.5, 0.6) is 5.75 Å². The molecule has 20 heavy (non-hydrogen) atoms. The Morgan fingerprint density at radius 1 is 1.45 bits per heavy atom. The Labute approximate surface area is 129 Å². The van der Waals surface area contributed by atoms with Gasteiger partial charge in [-0.2, -0.15) is 0 Å². The SMILES string of the molecule is COc1ccc(Br)cc1S(=O)(=O)NC(C)(CN)C(C)C. The average Bonchev–Trinajstić information content (AvgIpc) is 2.37. The van der Waals surface area contributed by atoms with Crippen molar-refractivity contribution in [1.29, 1.82) is 0 Å². The summed E-state index contributed by atoms with van der Waals surface area (Å²) in [5, 5.41) is 0. The maximum atomic E-state index is 12.6. The van der Waals surface area contributed by atoms with Crippen LogP contribution >= 0.6 is 15.9 Å². The van der Waals surface area contributed by atoms with Crippen molar-refractivity contribution in [3.63, 3.8) is 0 Å². The van der Waals surface area contributed by atoms with Gasteiger partial charge in [0.2, 0.25) is 10.0 Å². The molecular weight excluding hydrogens is 344 g/mol. The molecule has 1 unspecified atom stereocenters. The van der Waals surface area contributed by atoms with Crippen LogP contribution in [0, 0.1) is 5.92 Å². The quantitative estimate of drug-likeness (QED) is 0.809. The molecule has 1 rings (SSSR count). The second kappa shape index (κ2) is 6.43. The summed E-state index contributed by atoms with van der Waals surface area (Å²) in [5.74, 6) is 0.351. The predicted molar refractivity (Wildman–Crippen MR) is 83.3 cm³/mol. The molecule has 114 valence electrons. The van der Waals surface area contributed by atoms with E-state index in [-0.39, 0.29) is 17.4 Å². The number of hydrogen-bond acceptors (Lipinski definition) is 4. The summed E-state index contributed by atoms with van der Waals surface area (Å²) in [6.07, 6.45) is 0. The van der Waals surface area contributed by atoms with Crippen molar-refractivity contribution in [2.75, 3.05) is 13.7 Å². The topological polar surface area (TPSA) is 81.4 Å². The molecule has 0 aromatic heterocycles. The molecule has 0 aliphatic carbocycles. The van der Waals surface area contributed by atoms with Crippen LogP contribution in [0.2, 0.25) is 0 Å². The fraction of sp³-hybridized carbons (Fsp3) is 0.538. The minimum atomic E-state index is -3.73. The zero-order chi connectivity index (χ0) is 15.6. The normalized spacial score (nSPS) is 15.2. The molecule has 0 heterocycles. The number of benzene rings is 1. The number of nitrogens with one attached hydrogen (secondary N) is 1. The fourth-order valence-corrected chi connectivity index (χ4v) is 3.87. The molecule has 0 amide bonds. The Kier molecular flexibility index (Phi) is 5.60. The first-order valence-corrected chi connectivity index (χ1v) is 8.51. The second-order valence-corrected chi connectivity index (χ2v) is 7.74. The smallest absolute Gasteiger partial charge is 0.244 e. The van der Waals surface area contributed by atoms with E-state index in [4.69, 9.17) is 10.5 Å². The van der Waals surface area contributed by atoms with Crippen molar-refractivity contribution < 1.29 is 13.2 Å². The number of methoxy groups -OCH3 is 1. The van der Waals surface area contributed by atoms with Crippen LogP contribution < -0.4 is 15.2 Å². The molecule has 0 spiro atoms. The number of nitrogens with two attached hydrogens (primary N) is 1.